The molecule has 0 aliphatic rings. The quantitative estimate of drug-likeness (QED) is 0.0200. The van der Waals surface area contributed by atoms with Gasteiger partial charge in [0.1, 0.15) is 13.2 Å². The molecule has 0 saturated carbocycles. The van der Waals surface area contributed by atoms with Crippen LogP contribution in [0.2, 0.25) is 0 Å². The summed E-state index contributed by atoms with van der Waals surface area (Å²) in [5, 5.41) is 0. The molecule has 65 heavy (non-hydrogen) atoms. The Balaban J connectivity index is 4.56. The van der Waals surface area contributed by atoms with Gasteiger partial charge in [0.25, 0.3) is 0 Å². The third-order valence-corrected chi connectivity index (χ3v) is 9.76. The van der Waals surface area contributed by atoms with Gasteiger partial charge in [-0.15, -0.1) is 0 Å². The SMILES string of the molecule is CC\C=C/C=C\C=C/C=C\C=C/CCCCCC(=O)OC(COC(=O)CCC\C=C/C=C\C=C/C=C\C=C/CC)COC(=O)CCCCCCCCCCC/C=C\C/C=C\C/C=C\CC. The lowest BCUT2D eigenvalue weighted by Crippen LogP contribution is -2.30. The molecular weight excluding hydrogens is 805 g/mol. The predicted molar refractivity (Wildman–Crippen MR) is 278 cm³/mol. The van der Waals surface area contributed by atoms with Crippen molar-refractivity contribution in [1.82, 2.24) is 0 Å². The Morgan fingerprint density at radius 3 is 1.12 bits per heavy atom. The molecule has 0 bridgehead atoms. The number of esters is 3. The van der Waals surface area contributed by atoms with Crippen LogP contribution in [0.4, 0.5) is 0 Å². The minimum Gasteiger partial charge on any atom is -0.462 e. The highest BCUT2D eigenvalue weighted by atomic mass is 16.6. The van der Waals surface area contributed by atoms with Gasteiger partial charge in [-0.2, -0.15) is 0 Å². The van der Waals surface area contributed by atoms with Crippen molar-refractivity contribution in [2.45, 2.75) is 181 Å². The molecule has 0 aliphatic carbocycles. The lowest BCUT2D eigenvalue weighted by molar-refractivity contribution is -0.167. The van der Waals surface area contributed by atoms with Gasteiger partial charge < -0.3 is 14.2 Å². The predicted octanol–water partition coefficient (Wildman–Crippen LogP) is 16.6. The van der Waals surface area contributed by atoms with E-state index in [1.807, 2.05) is 103 Å². The summed E-state index contributed by atoms with van der Waals surface area (Å²) in [6.45, 7) is 6.10. The smallest absolute Gasteiger partial charge is 0.306 e. The van der Waals surface area contributed by atoms with Crippen molar-refractivity contribution in [3.05, 3.63) is 158 Å². The lowest BCUT2D eigenvalue weighted by atomic mass is 10.1. The highest BCUT2D eigenvalue weighted by Crippen LogP contribution is 2.13. The first-order chi connectivity index (χ1) is 32.0. The molecule has 1 atom stereocenters. The van der Waals surface area contributed by atoms with E-state index in [0.29, 0.717) is 19.3 Å². The van der Waals surface area contributed by atoms with Crippen LogP contribution >= 0.6 is 0 Å². The largest absolute Gasteiger partial charge is 0.462 e. The Morgan fingerprint density at radius 2 is 0.646 bits per heavy atom. The summed E-state index contributed by atoms with van der Waals surface area (Å²) in [5.74, 6) is -1.07. The van der Waals surface area contributed by atoms with Crippen LogP contribution in [-0.4, -0.2) is 37.2 Å². The van der Waals surface area contributed by atoms with Crippen LogP contribution in [0.3, 0.4) is 0 Å². The number of ether oxygens (including phenoxy) is 3. The van der Waals surface area contributed by atoms with Gasteiger partial charge in [-0.25, -0.2) is 0 Å². The second kappa shape index (κ2) is 51.7. The zero-order valence-corrected chi connectivity index (χ0v) is 40.9. The maximum absolute atomic E-state index is 12.8. The van der Waals surface area contributed by atoms with E-state index in [1.54, 1.807) is 0 Å². The van der Waals surface area contributed by atoms with Gasteiger partial charge in [0, 0.05) is 19.3 Å². The number of allylic oxidation sites excluding steroid dienone is 26. The molecule has 6 heteroatoms. The first-order valence-electron chi connectivity index (χ1n) is 25.1. The summed E-state index contributed by atoms with van der Waals surface area (Å²) in [5.41, 5.74) is 0. The second-order valence-electron chi connectivity index (χ2n) is 15.8. The summed E-state index contributed by atoms with van der Waals surface area (Å²) in [6, 6.07) is 0. The average molecular weight is 893 g/mol. The van der Waals surface area contributed by atoms with Gasteiger partial charge in [0.05, 0.1) is 0 Å². The molecule has 0 rings (SSSR count). The highest BCUT2D eigenvalue weighted by molar-refractivity contribution is 5.71. The molecule has 0 spiro atoms. The summed E-state index contributed by atoms with van der Waals surface area (Å²) in [6.07, 6.45) is 75.2. The summed E-state index contributed by atoms with van der Waals surface area (Å²) in [7, 11) is 0. The van der Waals surface area contributed by atoms with Crippen molar-refractivity contribution in [2.75, 3.05) is 13.2 Å². The lowest BCUT2D eigenvalue weighted by Gasteiger charge is -2.18. The summed E-state index contributed by atoms with van der Waals surface area (Å²) >= 11 is 0. The molecule has 0 aromatic carbocycles. The van der Waals surface area contributed by atoms with E-state index in [0.717, 1.165) is 83.5 Å². The van der Waals surface area contributed by atoms with Crippen LogP contribution in [0, 0.1) is 0 Å². The van der Waals surface area contributed by atoms with E-state index >= 15 is 0 Å². The minimum atomic E-state index is -0.839. The summed E-state index contributed by atoms with van der Waals surface area (Å²) < 4.78 is 16.7. The average Bonchev–Trinajstić information content (AvgIpc) is 3.30. The van der Waals surface area contributed by atoms with E-state index < -0.39 is 6.10 Å². The van der Waals surface area contributed by atoms with Crippen molar-refractivity contribution in [3.63, 3.8) is 0 Å². The van der Waals surface area contributed by atoms with E-state index in [-0.39, 0.29) is 44.0 Å². The molecule has 0 aromatic rings. The molecule has 0 N–H and O–H groups in total. The molecule has 6 nitrogen and oxygen atoms in total. The van der Waals surface area contributed by atoms with Crippen LogP contribution in [0.5, 0.6) is 0 Å². The van der Waals surface area contributed by atoms with Gasteiger partial charge in [-0.3, -0.25) is 14.4 Å². The molecule has 0 radical (unpaired) electrons. The van der Waals surface area contributed by atoms with E-state index in [9.17, 15) is 14.4 Å². The molecule has 0 aliphatic heterocycles. The number of carbonyl (C=O) groups excluding carboxylic acids is 3. The maximum Gasteiger partial charge on any atom is 0.306 e. The van der Waals surface area contributed by atoms with E-state index in [4.69, 9.17) is 14.2 Å². The van der Waals surface area contributed by atoms with Crippen LogP contribution in [-0.2, 0) is 28.6 Å². The Kier molecular flexibility index (Phi) is 47.7. The molecule has 1 unspecified atom stereocenters. The molecule has 0 amide bonds. The number of unbranched alkanes of at least 4 members (excludes halogenated alkanes) is 13. The molecule has 360 valence electrons. The number of rotatable bonds is 42. The Hall–Kier alpha value is -4.97. The zero-order valence-electron chi connectivity index (χ0n) is 40.9. The highest BCUT2D eigenvalue weighted by Gasteiger charge is 2.19. The van der Waals surface area contributed by atoms with Crippen LogP contribution < -0.4 is 0 Å². The maximum atomic E-state index is 12.8. The second-order valence-corrected chi connectivity index (χ2v) is 15.8. The van der Waals surface area contributed by atoms with Gasteiger partial charge in [0.2, 0.25) is 0 Å². The minimum absolute atomic E-state index is 0.129. The fraction of sp³-hybridized carbons (Fsp3) is 0.508. The van der Waals surface area contributed by atoms with Gasteiger partial charge in [-0.05, 0) is 83.5 Å². The third-order valence-electron chi connectivity index (χ3n) is 9.76. The van der Waals surface area contributed by atoms with Crippen LogP contribution in [0.1, 0.15) is 175 Å². The first kappa shape index (κ1) is 60.0. The zero-order chi connectivity index (χ0) is 47.2. The number of carbonyl (C=O) groups is 3. The Bertz CT molecular complexity index is 1540. The topological polar surface area (TPSA) is 78.9 Å². The van der Waals surface area contributed by atoms with Crippen molar-refractivity contribution < 1.29 is 28.6 Å². The van der Waals surface area contributed by atoms with Crippen molar-refractivity contribution in [1.29, 1.82) is 0 Å². The van der Waals surface area contributed by atoms with Crippen molar-refractivity contribution in [2.24, 2.45) is 0 Å². The van der Waals surface area contributed by atoms with Gasteiger partial charge in [0.15, 0.2) is 6.10 Å². The van der Waals surface area contributed by atoms with E-state index in [1.165, 1.54) is 38.5 Å². The van der Waals surface area contributed by atoms with Crippen molar-refractivity contribution >= 4 is 17.9 Å². The Labute approximate surface area is 397 Å². The number of hydrogen-bond donors (Lipinski definition) is 0. The molecule has 0 fully saturated rings. The monoisotopic (exact) mass is 893 g/mol. The molecular formula is C59H88O6. The van der Waals surface area contributed by atoms with Gasteiger partial charge >= 0.3 is 17.9 Å². The molecule has 0 aromatic heterocycles. The van der Waals surface area contributed by atoms with Crippen molar-refractivity contribution in [3.8, 4) is 0 Å². The molecule has 0 heterocycles. The van der Waals surface area contributed by atoms with Gasteiger partial charge in [-0.1, -0.05) is 230 Å². The van der Waals surface area contributed by atoms with E-state index in [2.05, 4.69) is 75.5 Å². The third kappa shape index (κ3) is 49.9. The first-order valence-corrected chi connectivity index (χ1v) is 25.1. The molecule has 0 saturated heterocycles. The van der Waals surface area contributed by atoms with Crippen LogP contribution in [0.15, 0.2) is 158 Å². The standard InChI is InChI=1S/C59H88O6/c1-4-7-10-13-16-19-22-25-27-28-29-30-32-34-37-40-43-46-49-52-58(61)64-55-56(54-63-57(60)51-48-45-42-39-36-33-24-21-18-15-12-9-6-3)65-59(62)53-50-47-44-41-38-35-31-26-23-20-17-14-11-8-5-2/h7-12,14-21,23-27,31,33,35-36,38-39,42,56H,4-6,13,22,28-30,32,34,37,40-41,43-55H2,1-3H3/b10-7-,11-8-,12-9-,17-14-,18-15-,19-16-,23-20-,24-21-,27-25-,31-26-,36-33-,38-35-,42-39-. The fourth-order valence-corrected chi connectivity index (χ4v) is 6.09. The Morgan fingerprint density at radius 1 is 0.323 bits per heavy atom. The normalized spacial score (nSPS) is 13.5. The summed E-state index contributed by atoms with van der Waals surface area (Å²) in [4.78, 5) is 37.9. The number of hydrogen-bond acceptors (Lipinski definition) is 6. The van der Waals surface area contributed by atoms with Crippen LogP contribution in [0.25, 0.3) is 0 Å². The fourth-order valence-electron chi connectivity index (χ4n) is 6.09.